The molecule has 2 aliphatic heterocycles. The number of carbonyl (C=O) groups is 3. The number of hydrogen-bond donors (Lipinski definition) is 1. The Labute approximate surface area is 164 Å². The molecule has 8 nitrogen and oxygen atoms in total. The topological polar surface area (TPSA) is 80.6 Å². The largest absolute Gasteiger partial charge is 0.497 e. The van der Waals surface area contributed by atoms with Crippen LogP contribution in [-0.2, 0) is 9.59 Å². The number of hydrogen-bond acceptors (Lipinski definition) is 5. The summed E-state index contributed by atoms with van der Waals surface area (Å²) in [4.78, 5) is 37.7. The van der Waals surface area contributed by atoms with Crippen LogP contribution in [0.25, 0.3) is 0 Å². The number of benzene rings is 1. The van der Waals surface area contributed by atoms with Gasteiger partial charge in [-0.05, 0) is 18.2 Å². The molecule has 2 heterocycles. The number of carbonyl (C=O) groups excluding carboxylic acids is 3. The monoisotopic (exact) mass is 416 g/mol. The fraction of sp³-hybridized carbons (Fsp3) is 0.500. The van der Waals surface area contributed by atoms with E-state index in [1.54, 1.807) is 18.2 Å². The Hall–Kier alpha value is -2.82. The van der Waals surface area contributed by atoms with Crippen molar-refractivity contribution in [1.82, 2.24) is 9.80 Å². The zero-order valence-corrected chi connectivity index (χ0v) is 15.9. The van der Waals surface area contributed by atoms with Crippen LogP contribution in [0.15, 0.2) is 18.2 Å². The van der Waals surface area contributed by atoms with Gasteiger partial charge in [0.2, 0.25) is 0 Å². The first kappa shape index (κ1) is 20.9. The lowest BCUT2D eigenvalue weighted by Gasteiger charge is -2.26. The van der Waals surface area contributed by atoms with E-state index in [0.29, 0.717) is 22.9 Å². The van der Waals surface area contributed by atoms with Gasteiger partial charge in [0, 0.05) is 12.8 Å². The highest BCUT2D eigenvalue weighted by molar-refractivity contribution is 6.44. The number of quaternary nitrogens is 1. The number of rotatable bonds is 6. The van der Waals surface area contributed by atoms with Gasteiger partial charge in [0.05, 0.1) is 26.3 Å². The highest BCUT2D eigenvalue weighted by Crippen LogP contribution is 2.32. The van der Waals surface area contributed by atoms with Gasteiger partial charge in [-0.15, -0.1) is 0 Å². The minimum atomic E-state index is -4.78. The van der Waals surface area contributed by atoms with Crippen LogP contribution in [0.1, 0.15) is 24.4 Å². The zero-order chi connectivity index (χ0) is 21.3. The fourth-order valence-corrected chi connectivity index (χ4v) is 3.80. The second kappa shape index (κ2) is 7.90. The summed E-state index contributed by atoms with van der Waals surface area (Å²) in [6, 6.07) is 3.85. The van der Waals surface area contributed by atoms with Crippen LogP contribution in [0.5, 0.6) is 11.5 Å². The molecule has 2 aliphatic rings. The smallest absolute Gasteiger partial charge is 0.406 e. The third-order valence-electron chi connectivity index (χ3n) is 5.13. The van der Waals surface area contributed by atoms with Crippen molar-refractivity contribution in [1.29, 1.82) is 0 Å². The van der Waals surface area contributed by atoms with Crippen molar-refractivity contribution in [2.24, 2.45) is 0 Å². The lowest BCUT2D eigenvalue weighted by molar-refractivity contribution is -0.925. The van der Waals surface area contributed by atoms with Crippen LogP contribution >= 0.6 is 0 Å². The van der Waals surface area contributed by atoms with Gasteiger partial charge in [0.15, 0.2) is 6.67 Å². The predicted molar refractivity (Wildman–Crippen MR) is 92.2 cm³/mol. The molecular weight excluding hydrogens is 395 g/mol. The van der Waals surface area contributed by atoms with Crippen LogP contribution in [0, 0.1) is 0 Å². The number of likely N-dealkylation sites (tertiary alicyclic amines) is 1. The number of urea groups is 1. The lowest BCUT2D eigenvalue weighted by Crippen LogP contribution is -3.12. The Balaban J connectivity index is 1.82. The summed E-state index contributed by atoms with van der Waals surface area (Å²) in [5, 5.41) is 0. The first-order chi connectivity index (χ1) is 13.7. The van der Waals surface area contributed by atoms with E-state index < -0.39 is 30.6 Å². The number of alkyl halides is 3. The number of halogens is 3. The lowest BCUT2D eigenvalue weighted by atomic mass is 10.0. The van der Waals surface area contributed by atoms with Crippen LogP contribution in [0.4, 0.5) is 18.0 Å². The van der Waals surface area contributed by atoms with Crippen LogP contribution in [0.3, 0.4) is 0 Å². The highest BCUT2D eigenvalue weighted by Gasteiger charge is 2.51. The summed E-state index contributed by atoms with van der Waals surface area (Å²) >= 11 is 0. The number of methoxy groups -OCH3 is 2. The molecule has 4 amide bonds. The van der Waals surface area contributed by atoms with Crippen molar-refractivity contribution in [2.45, 2.75) is 25.1 Å². The van der Waals surface area contributed by atoms with E-state index >= 15 is 0 Å². The minimum Gasteiger partial charge on any atom is -0.497 e. The normalized spacial score (nSPS) is 22.6. The molecule has 0 spiro atoms. The maximum Gasteiger partial charge on any atom is 0.406 e. The van der Waals surface area contributed by atoms with Gasteiger partial charge >= 0.3 is 24.0 Å². The van der Waals surface area contributed by atoms with Gasteiger partial charge in [0.1, 0.15) is 24.1 Å². The Morgan fingerprint density at radius 1 is 1.10 bits per heavy atom. The fourth-order valence-electron chi connectivity index (χ4n) is 3.80. The quantitative estimate of drug-likeness (QED) is 0.547. The number of amides is 4. The Kier molecular flexibility index (Phi) is 5.69. The second-order valence-corrected chi connectivity index (χ2v) is 6.89. The summed E-state index contributed by atoms with van der Waals surface area (Å²) in [6.45, 7) is -1.41. The van der Waals surface area contributed by atoms with E-state index in [4.69, 9.17) is 9.47 Å². The van der Waals surface area contributed by atoms with E-state index in [9.17, 15) is 27.6 Å². The highest BCUT2D eigenvalue weighted by atomic mass is 19.4. The van der Waals surface area contributed by atoms with Gasteiger partial charge in [0.25, 0.3) is 0 Å². The number of nitrogens with one attached hydrogen (secondary N) is 1. The van der Waals surface area contributed by atoms with Crippen molar-refractivity contribution in [2.75, 3.05) is 34.0 Å². The molecule has 2 fully saturated rings. The molecule has 0 saturated carbocycles. The second-order valence-electron chi connectivity index (χ2n) is 6.89. The van der Waals surface area contributed by atoms with Crippen LogP contribution in [0.2, 0.25) is 0 Å². The number of nitrogens with zero attached hydrogens (tertiary/aromatic N) is 2. The van der Waals surface area contributed by atoms with Gasteiger partial charge in [-0.3, -0.25) is 9.59 Å². The molecule has 29 heavy (non-hydrogen) atoms. The van der Waals surface area contributed by atoms with E-state index in [0.717, 1.165) is 23.3 Å². The van der Waals surface area contributed by atoms with Crippen LogP contribution < -0.4 is 14.4 Å². The summed E-state index contributed by atoms with van der Waals surface area (Å²) < 4.78 is 48.6. The molecule has 2 saturated heterocycles. The van der Waals surface area contributed by atoms with Gasteiger partial charge in [-0.1, -0.05) is 0 Å². The maximum absolute atomic E-state index is 12.6. The number of imide groups is 2. The minimum absolute atomic E-state index is 0.0566. The van der Waals surface area contributed by atoms with Crippen molar-refractivity contribution >= 4 is 17.8 Å². The Morgan fingerprint density at radius 3 is 2.41 bits per heavy atom. The summed E-state index contributed by atoms with van der Waals surface area (Å²) in [6.07, 6.45) is -3.29. The average molecular weight is 416 g/mol. The maximum atomic E-state index is 12.6. The first-order valence-electron chi connectivity index (χ1n) is 8.97. The SMILES string of the molecule is COc1ccc(OC)c([C@H]2CCC[NH+]2CN2C(=O)C(=O)N(CC(F)(F)F)C2=O)c1. The summed E-state index contributed by atoms with van der Waals surface area (Å²) in [7, 11) is 3.04. The molecule has 11 heteroatoms. The molecule has 3 rings (SSSR count). The van der Waals surface area contributed by atoms with E-state index in [2.05, 4.69) is 0 Å². The summed E-state index contributed by atoms with van der Waals surface area (Å²) in [5.41, 5.74) is 0.803. The molecule has 1 N–H and O–H groups in total. The third-order valence-corrected chi connectivity index (χ3v) is 5.13. The van der Waals surface area contributed by atoms with Crippen LogP contribution in [-0.4, -0.2) is 67.8 Å². The van der Waals surface area contributed by atoms with E-state index in [1.807, 2.05) is 0 Å². The van der Waals surface area contributed by atoms with Gasteiger partial charge in [-0.25, -0.2) is 14.6 Å². The molecule has 0 aliphatic carbocycles. The van der Waals surface area contributed by atoms with Crippen molar-refractivity contribution < 1.29 is 41.9 Å². The van der Waals surface area contributed by atoms with Crippen molar-refractivity contribution in [3.63, 3.8) is 0 Å². The third kappa shape index (κ3) is 4.14. The first-order valence-corrected chi connectivity index (χ1v) is 8.97. The Morgan fingerprint density at radius 2 is 1.79 bits per heavy atom. The van der Waals surface area contributed by atoms with Gasteiger partial charge < -0.3 is 14.4 Å². The molecule has 0 bridgehead atoms. The van der Waals surface area contributed by atoms with E-state index in [1.165, 1.54) is 14.2 Å². The molecule has 2 atom stereocenters. The zero-order valence-electron chi connectivity index (χ0n) is 15.9. The molecule has 158 valence electrons. The van der Waals surface area contributed by atoms with Crippen molar-refractivity contribution in [3.8, 4) is 11.5 Å². The molecular formula is C18H21F3N3O5+. The molecule has 0 aromatic heterocycles. The standard InChI is InChI=1S/C18H20F3N3O5/c1-28-11-5-6-14(29-2)12(8-11)13-4-3-7-22(13)10-24-16(26)15(25)23(17(24)27)9-18(19,20)21/h5-6,8,13H,3-4,7,9-10H2,1-2H3/p+1/t13-/m1/s1. The van der Waals surface area contributed by atoms with Crippen molar-refractivity contribution in [3.05, 3.63) is 23.8 Å². The molecule has 1 unspecified atom stereocenters. The summed E-state index contributed by atoms with van der Waals surface area (Å²) in [5.74, 6) is -1.49. The molecule has 0 radical (unpaired) electrons. The Bertz CT molecular complexity index is 829. The average Bonchev–Trinajstić information content (AvgIpc) is 3.21. The van der Waals surface area contributed by atoms with E-state index in [-0.39, 0.29) is 17.6 Å². The number of ether oxygens (including phenoxy) is 2. The molecule has 1 aromatic rings. The predicted octanol–water partition coefficient (Wildman–Crippen LogP) is 0.734. The molecule has 1 aromatic carbocycles. The van der Waals surface area contributed by atoms with Gasteiger partial charge in [-0.2, -0.15) is 13.2 Å².